The van der Waals surface area contributed by atoms with Crippen LogP contribution >= 0.6 is 46.4 Å². The van der Waals surface area contributed by atoms with Gasteiger partial charge in [-0.25, -0.2) is 34.8 Å². The van der Waals surface area contributed by atoms with E-state index >= 15 is 0 Å². The molecular weight excluding hydrogens is 1530 g/mol. The Hall–Kier alpha value is -9.79. The third-order valence-electron chi connectivity index (χ3n) is 15.3. The minimum Gasteiger partial charge on any atom is -0.872 e. The average molecular weight is 1580 g/mol. The molecular formula is C80H52Cl4F6Fe2N2O9S. The van der Waals surface area contributed by atoms with Crippen molar-refractivity contribution in [3.05, 3.63) is 323 Å². The Morgan fingerprint density at radius 3 is 0.952 bits per heavy atom. The van der Waals surface area contributed by atoms with E-state index in [1.54, 1.807) is 84.9 Å². The Balaban J connectivity index is 0.000000233. The number of halogens is 10. The van der Waals surface area contributed by atoms with E-state index in [0.717, 1.165) is 35.4 Å². The monoisotopic (exact) mass is 1580 g/mol. The molecule has 0 amide bonds. The molecule has 0 N–H and O–H groups in total. The minimum absolute atomic E-state index is 0. The molecule has 0 unspecified atom stereocenters. The number of rotatable bonds is 6. The SMILES string of the molecule is ClCCl.ClCCl.O=C([O-])c1c(-c2ccc(F)cc2)cccc1-c1ccc(F)cc1.O=C([O-])c1c(-c2ccc(F)cc2)cccc1-c1ccc(F)cc1.O=S1(=O)c2cccc(c2)N=Cc2cc(F)cc(c2[O-])-c2cccc(c2)COCc2cccc(c2)-c2cc(F)cc(c2[O-])C=Nc2cccc1c2.[Fe+2].[Fe+2]. The summed E-state index contributed by atoms with van der Waals surface area (Å²) in [5.74, 6) is -6.48. The van der Waals surface area contributed by atoms with Gasteiger partial charge < -0.3 is 34.8 Å². The first-order chi connectivity index (χ1) is 49.1. The van der Waals surface area contributed by atoms with Gasteiger partial charge in [0, 0.05) is 23.6 Å². The predicted molar refractivity (Wildman–Crippen MR) is 380 cm³/mol. The van der Waals surface area contributed by atoms with Gasteiger partial charge >= 0.3 is 34.1 Å². The van der Waals surface area contributed by atoms with Crippen LogP contribution in [-0.2, 0) is 61.9 Å². The Kier molecular flexibility index (Phi) is 30.3. The first kappa shape index (κ1) is 81.5. The second-order valence-corrected chi connectivity index (χ2v) is 25.5. The Morgan fingerprint density at radius 2 is 0.654 bits per heavy atom. The smallest absolute Gasteiger partial charge is 0.872 e. The van der Waals surface area contributed by atoms with Crippen LogP contribution in [0, 0.1) is 34.9 Å². The molecule has 1 aliphatic heterocycles. The van der Waals surface area contributed by atoms with Gasteiger partial charge in [-0.2, -0.15) is 0 Å². The van der Waals surface area contributed by atoms with Crippen molar-refractivity contribution >= 4 is 92.0 Å². The van der Waals surface area contributed by atoms with E-state index in [4.69, 9.17) is 51.1 Å². The van der Waals surface area contributed by atoms with Gasteiger partial charge in [0.25, 0.3) is 0 Å². The van der Waals surface area contributed by atoms with Crippen LogP contribution in [0.5, 0.6) is 11.5 Å². The number of carbonyl (C=O) groups excluding carboxylic acids is 2. The molecule has 1 heterocycles. The summed E-state index contributed by atoms with van der Waals surface area (Å²) < 4.78 is 115. The zero-order chi connectivity index (χ0) is 73.0. The van der Waals surface area contributed by atoms with Gasteiger partial charge in [-0.15, -0.1) is 46.4 Å². The van der Waals surface area contributed by atoms with Crippen molar-refractivity contribution in [1.29, 1.82) is 0 Å². The molecule has 0 aromatic heterocycles. The molecule has 0 saturated heterocycles. The van der Waals surface area contributed by atoms with E-state index in [0.29, 0.717) is 55.6 Å². The van der Waals surface area contributed by atoms with Crippen LogP contribution < -0.4 is 20.4 Å². The number of carboxylic acids is 2. The molecule has 1 aliphatic rings. The third kappa shape index (κ3) is 21.2. The van der Waals surface area contributed by atoms with E-state index in [2.05, 4.69) is 9.98 Å². The fraction of sp³-hybridized carbons (Fsp3) is 0.0500. The molecule has 12 bridgehead atoms. The van der Waals surface area contributed by atoms with Crippen molar-refractivity contribution in [3.63, 3.8) is 0 Å². The van der Waals surface area contributed by atoms with Crippen LogP contribution in [0.15, 0.2) is 275 Å². The van der Waals surface area contributed by atoms with Crippen molar-refractivity contribution in [2.24, 2.45) is 9.98 Å². The summed E-state index contributed by atoms with van der Waals surface area (Å²) in [6.07, 6.45) is 2.42. The van der Waals surface area contributed by atoms with Crippen LogP contribution in [0.25, 0.3) is 66.8 Å². The normalized spacial score (nSPS) is 11.7. The van der Waals surface area contributed by atoms with Gasteiger partial charge in [-0.05, 0) is 210 Å². The predicted octanol–water partition coefficient (Wildman–Crippen LogP) is 18.0. The number of fused-ring (bicyclic) bond motifs is 14. The molecule has 0 spiro atoms. The number of alkyl halides is 4. The topological polar surface area (TPSA) is 194 Å². The molecule has 12 aromatic carbocycles. The molecule has 0 aliphatic carbocycles. The van der Waals surface area contributed by atoms with E-state index < -0.39 is 68.2 Å². The van der Waals surface area contributed by atoms with Crippen molar-refractivity contribution in [2.45, 2.75) is 23.0 Å². The molecule has 104 heavy (non-hydrogen) atoms. The molecule has 24 heteroatoms. The van der Waals surface area contributed by atoms with Crippen LogP contribution in [0.1, 0.15) is 43.0 Å². The van der Waals surface area contributed by atoms with Crippen molar-refractivity contribution in [2.75, 3.05) is 10.7 Å². The largest absolute Gasteiger partial charge is 2.00 e. The Bertz CT molecular complexity index is 4730. The summed E-state index contributed by atoms with van der Waals surface area (Å²) in [6.45, 7) is 0.341. The van der Waals surface area contributed by atoms with Crippen LogP contribution in [0.2, 0.25) is 0 Å². The van der Waals surface area contributed by atoms with Crippen molar-refractivity contribution in [1.82, 2.24) is 0 Å². The number of aromatic carboxylic acids is 2. The summed E-state index contributed by atoms with van der Waals surface area (Å²) in [7, 11) is -4.07. The molecule has 0 radical (unpaired) electrons. The maximum absolute atomic E-state index is 14.8. The molecule has 0 fully saturated rings. The average Bonchev–Trinajstić information content (AvgIpc) is 0.795. The number of carbonyl (C=O) groups is 2. The first-order valence-electron chi connectivity index (χ1n) is 30.4. The second kappa shape index (κ2) is 38.6. The first-order valence-corrected chi connectivity index (χ1v) is 34.0. The molecule has 11 nitrogen and oxygen atoms in total. The van der Waals surface area contributed by atoms with Gasteiger partial charge in [0.15, 0.2) is 0 Å². The zero-order valence-corrected chi connectivity index (χ0v) is 59.7. The van der Waals surface area contributed by atoms with Gasteiger partial charge in [0.05, 0.1) is 57.0 Å². The summed E-state index contributed by atoms with van der Waals surface area (Å²) >= 11 is 19.1. The zero-order valence-electron chi connectivity index (χ0n) is 53.7. The molecule has 13 rings (SSSR count). The van der Waals surface area contributed by atoms with Crippen LogP contribution in [0.3, 0.4) is 0 Å². The summed E-state index contributed by atoms with van der Waals surface area (Å²) in [5.41, 5.74) is 7.06. The fourth-order valence-corrected chi connectivity index (χ4v) is 12.0. The quantitative estimate of drug-likeness (QED) is 0.0884. The number of ether oxygens (including phenoxy) is 1. The number of hydrogen-bond donors (Lipinski definition) is 0. The summed E-state index contributed by atoms with van der Waals surface area (Å²) in [6, 6.07) is 62.1. The number of nitrogens with zero attached hydrogens (tertiary/aromatic N) is 2. The Morgan fingerprint density at radius 1 is 0.365 bits per heavy atom. The number of aliphatic imine (C=N–C) groups is 2. The number of benzene rings is 12. The van der Waals surface area contributed by atoms with E-state index in [1.807, 2.05) is 12.1 Å². The number of sulfone groups is 1. The maximum atomic E-state index is 14.8. The molecule has 12 aromatic rings. The molecule has 528 valence electrons. The minimum atomic E-state index is -4.07. The second-order valence-electron chi connectivity index (χ2n) is 21.9. The van der Waals surface area contributed by atoms with Crippen molar-refractivity contribution < 1.29 is 104 Å². The maximum Gasteiger partial charge on any atom is 2.00 e. The Labute approximate surface area is 635 Å². The third-order valence-corrected chi connectivity index (χ3v) is 17.0. The fourth-order valence-electron chi connectivity index (χ4n) is 10.7. The van der Waals surface area contributed by atoms with E-state index in [1.165, 1.54) is 146 Å². The summed E-state index contributed by atoms with van der Waals surface area (Å²) in [4.78, 5) is 31.8. The van der Waals surface area contributed by atoms with Gasteiger partial charge in [-0.1, -0.05) is 145 Å². The number of hydrogen-bond acceptors (Lipinski definition) is 11. The van der Waals surface area contributed by atoms with Crippen LogP contribution in [0.4, 0.5) is 37.7 Å². The van der Waals surface area contributed by atoms with Gasteiger partial charge in [0.1, 0.15) is 34.9 Å². The summed E-state index contributed by atoms with van der Waals surface area (Å²) in [5, 5.41) is 50.7. The van der Waals surface area contributed by atoms with Crippen LogP contribution in [-0.4, -0.2) is 43.5 Å². The molecule has 0 saturated carbocycles. The molecule has 0 atom stereocenters. The van der Waals surface area contributed by atoms with Gasteiger partial charge in [-0.3, -0.25) is 9.98 Å². The number of carboxylic acid groups (broad SMARTS) is 2. The van der Waals surface area contributed by atoms with Crippen molar-refractivity contribution in [3.8, 4) is 78.3 Å². The van der Waals surface area contributed by atoms with E-state index in [9.17, 15) is 64.8 Å². The van der Waals surface area contributed by atoms with E-state index in [-0.39, 0.29) is 113 Å². The standard InChI is InChI=1S/C40H28F2N2O5S.2C19H12F2O2.2CH2Cl2.2Fe/c41-31-15-29-21-43-33-9-3-11-35(19-33)50(47,48)36-12-4-10-34(20-36)44-22-30-16-32(42)18-38(40(30)46)28-8-2-6-26(14-28)24-49-23-25-5-1-7-27(13-25)37(17-31)39(29)45;2*20-14-8-4-12(5-9-14)16-2-1-3-17(18(16)19(22)23)13-6-10-15(21)11-7-13;2*2-1-3;;/h1-22,45-46H,23-24H2;2*1-11H,(H,22,23);2*1H2;;/q;;;;;2*+2/p-4. The van der Waals surface area contributed by atoms with Gasteiger partial charge in [0.2, 0.25) is 9.84 Å².